The van der Waals surface area contributed by atoms with Gasteiger partial charge in [-0.2, -0.15) is 0 Å². The predicted molar refractivity (Wildman–Crippen MR) is 71.7 cm³/mol. The molecule has 19 heavy (non-hydrogen) atoms. The molecule has 0 atom stereocenters. The lowest BCUT2D eigenvalue weighted by Gasteiger charge is -2.18. The molecule has 0 aliphatic heterocycles. The SMILES string of the molecule is COC(=O)C1(Cc2c(C)cc(OC)cc2OC)CC1. The smallest absolute Gasteiger partial charge is 0.312 e. The quantitative estimate of drug-likeness (QED) is 0.766. The van der Waals surface area contributed by atoms with Crippen LogP contribution in [0, 0.1) is 12.3 Å². The third-order valence-corrected chi connectivity index (χ3v) is 3.85. The third kappa shape index (κ3) is 2.53. The standard InChI is InChI=1S/C15H20O4/c1-10-7-11(17-2)8-13(18-3)12(10)9-15(5-6-15)14(16)19-4/h7-8H,5-6,9H2,1-4H3. The summed E-state index contributed by atoms with van der Waals surface area (Å²) in [6.45, 7) is 2.01. The average molecular weight is 264 g/mol. The maximum absolute atomic E-state index is 11.8. The zero-order valence-corrected chi connectivity index (χ0v) is 11.9. The van der Waals surface area contributed by atoms with Crippen LogP contribution in [0.25, 0.3) is 0 Å². The molecule has 1 aromatic rings. The van der Waals surface area contributed by atoms with Gasteiger partial charge in [0.25, 0.3) is 0 Å². The second-order valence-corrected chi connectivity index (χ2v) is 5.07. The van der Waals surface area contributed by atoms with Crippen LogP contribution < -0.4 is 9.47 Å². The first-order chi connectivity index (χ1) is 9.06. The molecule has 0 heterocycles. The summed E-state index contributed by atoms with van der Waals surface area (Å²) in [5.41, 5.74) is 1.79. The fraction of sp³-hybridized carbons (Fsp3) is 0.533. The van der Waals surface area contributed by atoms with E-state index in [1.54, 1.807) is 14.2 Å². The number of methoxy groups -OCH3 is 3. The summed E-state index contributed by atoms with van der Waals surface area (Å²) in [5, 5.41) is 0. The lowest BCUT2D eigenvalue weighted by Crippen LogP contribution is -2.20. The van der Waals surface area contributed by atoms with Gasteiger partial charge in [0.05, 0.1) is 26.7 Å². The molecule has 1 aliphatic carbocycles. The summed E-state index contributed by atoms with van der Waals surface area (Å²) in [6.07, 6.45) is 2.43. The van der Waals surface area contributed by atoms with E-state index in [2.05, 4.69) is 0 Å². The molecule has 0 spiro atoms. The summed E-state index contributed by atoms with van der Waals surface area (Å²) >= 11 is 0. The number of rotatable bonds is 5. The summed E-state index contributed by atoms with van der Waals surface area (Å²) in [6, 6.07) is 3.82. The predicted octanol–water partition coefficient (Wildman–Crippen LogP) is 2.51. The zero-order chi connectivity index (χ0) is 14.0. The van der Waals surface area contributed by atoms with E-state index < -0.39 is 0 Å². The minimum Gasteiger partial charge on any atom is -0.497 e. The monoisotopic (exact) mass is 264 g/mol. The van der Waals surface area contributed by atoms with Crippen LogP contribution in [-0.4, -0.2) is 27.3 Å². The van der Waals surface area contributed by atoms with Gasteiger partial charge in [-0.15, -0.1) is 0 Å². The summed E-state index contributed by atoms with van der Waals surface area (Å²) in [4.78, 5) is 11.8. The van der Waals surface area contributed by atoms with Crippen molar-refractivity contribution in [3.8, 4) is 11.5 Å². The van der Waals surface area contributed by atoms with E-state index in [9.17, 15) is 4.79 Å². The van der Waals surface area contributed by atoms with Crippen molar-refractivity contribution in [1.29, 1.82) is 0 Å². The number of aryl methyl sites for hydroxylation is 1. The largest absolute Gasteiger partial charge is 0.497 e. The van der Waals surface area contributed by atoms with Gasteiger partial charge in [-0.1, -0.05) is 0 Å². The first kappa shape index (κ1) is 13.7. The first-order valence-electron chi connectivity index (χ1n) is 6.36. The third-order valence-electron chi connectivity index (χ3n) is 3.85. The summed E-state index contributed by atoms with van der Waals surface area (Å²) in [7, 11) is 4.71. The molecule has 1 fully saturated rings. The highest BCUT2D eigenvalue weighted by atomic mass is 16.5. The van der Waals surface area contributed by atoms with Crippen LogP contribution in [-0.2, 0) is 16.0 Å². The summed E-state index contributed by atoms with van der Waals surface area (Å²) < 4.78 is 15.6. The number of carbonyl (C=O) groups is 1. The zero-order valence-electron chi connectivity index (χ0n) is 11.9. The minimum atomic E-state index is -0.346. The Labute approximate surface area is 113 Å². The van der Waals surface area contributed by atoms with Crippen molar-refractivity contribution in [2.45, 2.75) is 26.2 Å². The molecule has 1 saturated carbocycles. The van der Waals surface area contributed by atoms with Crippen molar-refractivity contribution < 1.29 is 19.0 Å². The number of esters is 1. The van der Waals surface area contributed by atoms with Crippen molar-refractivity contribution >= 4 is 5.97 Å². The normalized spacial score (nSPS) is 15.8. The summed E-state index contributed by atoms with van der Waals surface area (Å²) in [5.74, 6) is 1.41. The van der Waals surface area contributed by atoms with E-state index in [1.807, 2.05) is 19.1 Å². The number of benzene rings is 1. The molecule has 0 radical (unpaired) electrons. The molecule has 104 valence electrons. The highest BCUT2D eigenvalue weighted by Gasteiger charge is 2.51. The maximum Gasteiger partial charge on any atom is 0.312 e. The Morgan fingerprint density at radius 2 is 1.89 bits per heavy atom. The van der Waals surface area contributed by atoms with E-state index in [0.29, 0.717) is 6.42 Å². The Bertz CT molecular complexity index is 489. The van der Waals surface area contributed by atoms with Crippen molar-refractivity contribution in [2.75, 3.05) is 21.3 Å². The molecular weight excluding hydrogens is 244 g/mol. The van der Waals surface area contributed by atoms with E-state index in [0.717, 1.165) is 35.5 Å². The molecule has 0 aromatic heterocycles. The Balaban J connectivity index is 2.32. The van der Waals surface area contributed by atoms with Crippen LogP contribution >= 0.6 is 0 Å². The van der Waals surface area contributed by atoms with Crippen molar-refractivity contribution in [1.82, 2.24) is 0 Å². The molecule has 4 heteroatoms. The Kier molecular flexibility index (Phi) is 3.69. The number of hydrogen-bond acceptors (Lipinski definition) is 4. The van der Waals surface area contributed by atoms with Crippen molar-refractivity contribution in [3.05, 3.63) is 23.3 Å². The second-order valence-electron chi connectivity index (χ2n) is 5.07. The van der Waals surface area contributed by atoms with Crippen molar-refractivity contribution in [3.63, 3.8) is 0 Å². The Morgan fingerprint density at radius 3 is 2.37 bits per heavy atom. The molecule has 0 unspecified atom stereocenters. The van der Waals surface area contributed by atoms with E-state index >= 15 is 0 Å². The lowest BCUT2D eigenvalue weighted by molar-refractivity contribution is -0.147. The molecule has 4 nitrogen and oxygen atoms in total. The van der Waals surface area contributed by atoms with Gasteiger partial charge in [-0.3, -0.25) is 4.79 Å². The van der Waals surface area contributed by atoms with Gasteiger partial charge in [-0.05, 0) is 43.4 Å². The molecule has 0 bridgehead atoms. The number of ether oxygens (including phenoxy) is 3. The van der Waals surface area contributed by atoms with Crippen LogP contribution in [0.5, 0.6) is 11.5 Å². The molecule has 0 saturated heterocycles. The molecule has 2 rings (SSSR count). The number of hydrogen-bond donors (Lipinski definition) is 0. The van der Waals surface area contributed by atoms with Crippen LogP contribution in [0.15, 0.2) is 12.1 Å². The van der Waals surface area contributed by atoms with Gasteiger partial charge in [0.2, 0.25) is 0 Å². The van der Waals surface area contributed by atoms with Gasteiger partial charge >= 0.3 is 5.97 Å². The second kappa shape index (κ2) is 5.11. The highest BCUT2D eigenvalue weighted by molar-refractivity contribution is 5.80. The topological polar surface area (TPSA) is 44.8 Å². The Hall–Kier alpha value is -1.71. The van der Waals surface area contributed by atoms with E-state index in [1.165, 1.54) is 7.11 Å². The maximum atomic E-state index is 11.8. The lowest BCUT2D eigenvalue weighted by atomic mass is 9.92. The van der Waals surface area contributed by atoms with Gasteiger partial charge in [0.1, 0.15) is 11.5 Å². The Morgan fingerprint density at radius 1 is 1.21 bits per heavy atom. The minimum absolute atomic E-state index is 0.121. The molecule has 0 N–H and O–H groups in total. The van der Waals surface area contributed by atoms with E-state index in [-0.39, 0.29) is 11.4 Å². The molecule has 1 aromatic carbocycles. The van der Waals surface area contributed by atoms with Gasteiger partial charge in [0.15, 0.2) is 0 Å². The van der Waals surface area contributed by atoms with Crippen LogP contribution in [0.1, 0.15) is 24.0 Å². The first-order valence-corrected chi connectivity index (χ1v) is 6.36. The average Bonchev–Trinajstić information content (AvgIpc) is 3.20. The van der Waals surface area contributed by atoms with Crippen LogP contribution in [0.2, 0.25) is 0 Å². The van der Waals surface area contributed by atoms with E-state index in [4.69, 9.17) is 14.2 Å². The fourth-order valence-electron chi connectivity index (χ4n) is 2.44. The molecule has 0 amide bonds. The highest BCUT2D eigenvalue weighted by Crippen LogP contribution is 2.51. The molecular formula is C15H20O4. The molecule has 1 aliphatic rings. The van der Waals surface area contributed by atoms with Gasteiger partial charge in [-0.25, -0.2) is 0 Å². The van der Waals surface area contributed by atoms with Gasteiger partial charge in [0, 0.05) is 6.07 Å². The van der Waals surface area contributed by atoms with Crippen LogP contribution in [0.4, 0.5) is 0 Å². The van der Waals surface area contributed by atoms with Crippen molar-refractivity contribution in [2.24, 2.45) is 5.41 Å². The number of carbonyl (C=O) groups excluding carboxylic acids is 1. The van der Waals surface area contributed by atoms with Crippen LogP contribution in [0.3, 0.4) is 0 Å². The van der Waals surface area contributed by atoms with Gasteiger partial charge < -0.3 is 14.2 Å². The fourth-order valence-corrected chi connectivity index (χ4v) is 2.44.